The molecule has 5 nitrogen and oxygen atoms in total. The molecule has 0 bridgehead atoms. The molecule has 2 aromatic rings. The molecule has 0 aliphatic carbocycles. The SMILES string of the molecule is [C-]#[N+]c1ccc(COc2ccc3c(c2)CCN(CCN2CCC[C@H]2C)C3=O)cc1. The van der Waals surface area contributed by atoms with Crippen LogP contribution in [0.15, 0.2) is 42.5 Å². The van der Waals surface area contributed by atoms with Crippen molar-refractivity contribution in [1.82, 2.24) is 9.80 Å². The van der Waals surface area contributed by atoms with Gasteiger partial charge in [0.1, 0.15) is 12.4 Å². The van der Waals surface area contributed by atoms with Crippen LogP contribution in [-0.2, 0) is 13.0 Å². The number of hydrogen-bond acceptors (Lipinski definition) is 3. The lowest BCUT2D eigenvalue weighted by Gasteiger charge is -2.31. The number of carbonyl (C=O) groups excluding carboxylic acids is 1. The molecule has 2 aliphatic heterocycles. The van der Waals surface area contributed by atoms with Gasteiger partial charge in [-0.15, -0.1) is 0 Å². The van der Waals surface area contributed by atoms with Crippen molar-refractivity contribution in [3.05, 3.63) is 70.6 Å². The number of carbonyl (C=O) groups is 1. The third-order valence-electron chi connectivity index (χ3n) is 6.06. The van der Waals surface area contributed by atoms with Crippen molar-refractivity contribution in [3.63, 3.8) is 0 Å². The fraction of sp³-hybridized carbons (Fsp3) is 0.417. The van der Waals surface area contributed by atoms with Gasteiger partial charge in [-0.1, -0.05) is 24.3 Å². The maximum absolute atomic E-state index is 12.9. The molecule has 1 saturated heterocycles. The predicted octanol–water partition coefficient (Wildman–Crippen LogP) is 4.30. The predicted molar refractivity (Wildman–Crippen MR) is 113 cm³/mol. The summed E-state index contributed by atoms with van der Waals surface area (Å²) in [5.74, 6) is 0.921. The normalized spacial score (nSPS) is 19.1. The van der Waals surface area contributed by atoms with E-state index in [0.29, 0.717) is 18.3 Å². The highest BCUT2D eigenvalue weighted by Crippen LogP contribution is 2.25. The van der Waals surface area contributed by atoms with Crippen LogP contribution in [0, 0.1) is 6.57 Å². The van der Waals surface area contributed by atoms with Crippen molar-refractivity contribution in [2.75, 3.05) is 26.2 Å². The number of nitrogens with zero attached hydrogens (tertiary/aromatic N) is 3. The van der Waals surface area contributed by atoms with E-state index < -0.39 is 0 Å². The van der Waals surface area contributed by atoms with E-state index in [0.717, 1.165) is 55.0 Å². The van der Waals surface area contributed by atoms with Gasteiger partial charge in [0.25, 0.3) is 5.91 Å². The third kappa shape index (κ3) is 4.44. The van der Waals surface area contributed by atoms with Crippen molar-refractivity contribution in [3.8, 4) is 5.75 Å². The number of ether oxygens (including phenoxy) is 1. The van der Waals surface area contributed by atoms with Gasteiger partial charge in [-0.2, -0.15) is 0 Å². The Hall–Kier alpha value is -2.84. The minimum atomic E-state index is 0.138. The van der Waals surface area contributed by atoms with E-state index in [1.807, 2.05) is 35.2 Å². The van der Waals surface area contributed by atoms with E-state index in [-0.39, 0.29) is 5.91 Å². The zero-order valence-electron chi connectivity index (χ0n) is 16.9. The number of fused-ring (bicyclic) bond motifs is 1. The topological polar surface area (TPSA) is 37.1 Å². The molecule has 0 spiro atoms. The summed E-state index contributed by atoms with van der Waals surface area (Å²) >= 11 is 0. The van der Waals surface area contributed by atoms with Crippen LogP contribution in [0.5, 0.6) is 5.75 Å². The Morgan fingerprint density at radius 2 is 1.97 bits per heavy atom. The molecule has 2 heterocycles. The van der Waals surface area contributed by atoms with E-state index in [4.69, 9.17) is 11.3 Å². The van der Waals surface area contributed by atoms with Gasteiger partial charge in [0.05, 0.1) is 6.57 Å². The number of likely N-dealkylation sites (tertiary alicyclic amines) is 1. The molecule has 0 saturated carbocycles. The first-order valence-corrected chi connectivity index (χ1v) is 10.4. The number of rotatable bonds is 6. The number of hydrogen-bond donors (Lipinski definition) is 0. The van der Waals surface area contributed by atoms with Crippen LogP contribution in [0.3, 0.4) is 0 Å². The molecule has 0 N–H and O–H groups in total. The third-order valence-corrected chi connectivity index (χ3v) is 6.06. The summed E-state index contributed by atoms with van der Waals surface area (Å²) in [7, 11) is 0. The molecular weight excluding hydrogens is 362 g/mol. The standard InChI is InChI=1S/C24H27N3O2/c1-18-4-3-12-26(18)14-15-27-13-11-20-16-22(9-10-23(20)24(27)28)29-17-19-5-7-21(25-2)8-6-19/h5-10,16,18H,3-4,11-15,17H2,1H3/t18-/m1/s1. The molecule has 1 atom stereocenters. The monoisotopic (exact) mass is 389 g/mol. The van der Waals surface area contributed by atoms with Crippen LogP contribution in [0.25, 0.3) is 4.85 Å². The summed E-state index contributed by atoms with van der Waals surface area (Å²) in [6.45, 7) is 13.4. The van der Waals surface area contributed by atoms with Crippen LogP contribution in [0.4, 0.5) is 5.69 Å². The van der Waals surface area contributed by atoms with Gasteiger partial charge in [0.15, 0.2) is 5.69 Å². The molecule has 0 unspecified atom stereocenters. The quantitative estimate of drug-likeness (QED) is 0.692. The fourth-order valence-electron chi connectivity index (χ4n) is 4.22. The molecule has 2 aliphatic rings. The molecule has 1 amide bonds. The van der Waals surface area contributed by atoms with Gasteiger partial charge in [0.2, 0.25) is 0 Å². The summed E-state index contributed by atoms with van der Waals surface area (Å²) in [6.07, 6.45) is 3.40. The second-order valence-electron chi connectivity index (χ2n) is 7.96. The second kappa shape index (κ2) is 8.67. The Morgan fingerprint density at radius 3 is 2.69 bits per heavy atom. The van der Waals surface area contributed by atoms with Gasteiger partial charge < -0.3 is 9.64 Å². The average molecular weight is 389 g/mol. The zero-order valence-corrected chi connectivity index (χ0v) is 16.9. The minimum absolute atomic E-state index is 0.138. The van der Waals surface area contributed by atoms with Gasteiger partial charge in [-0.25, -0.2) is 4.85 Å². The zero-order chi connectivity index (χ0) is 20.2. The number of amides is 1. The summed E-state index contributed by atoms with van der Waals surface area (Å²) in [4.78, 5) is 20.8. The summed E-state index contributed by atoms with van der Waals surface area (Å²) in [6, 6.07) is 13.8. The Kier molecular flexibility index (Phi) is 5.82. The molecule has 1 fully saturated rings. The Morgan fingerprint density at radius 1 is 1.14 bits per heavy atom. The van der Waals surface area contributed by atoms with Gasteiger partial charge in [-0.3, -0.25) is 9.69 Å². The van der Waals surface area contributed by atoms with Crippen LogP contribution in [-0.4, -0.2) is 47.9 Å². The van der Waals surface area contributed by atoms with Crippen molar-refractivity contribution in [2.45, 2.75) is 38.8 Å². The molecule has 150 valence electrons. The van der Waals surface area contributed by atoms with Crippen molar-refractivity contribution >= 4 is 11.6 Å². The van der Waals surface area contributed by atoms with Crippen molar-refractivity contribution in [1.29, 1.82) is 0 Å². The van der Waals surface area contributed by atoms with Gasteiger partial charge in [-0.05, 0) is 62.1 Å². The van der Waals surface area contributed by atoms with E-state index in [1.165, 1.54) is 12.8 Å². The molecule has 0 radical (unpaired) electrons. The van der Waals surface area contributed by atoms with Crippen molar-refractivity contribution in [2.24, 2.45) is 0 Å². The second-order valence-corrected chi connectivity index (χ2v) is 7.96. The van der Waals surface area contributed by atoms with E-state index in [2.05, 4.69) is 16.7 Å². The van der Waals surface area contributed by atoms with Gasteiger partial charge in [0, 0.05) is 31.2 Å². The first-order valence-electron chi connectivity index (χ1n) is 10.4. The lowest BCUT2D eigenvalue weighted by Crippen LogP contribution is -2.43. The van der Waals surface area contributed by atoms with Crippen LogP contribution in [0.2, 0.25) is 0 Å². The summed E-state index contributed by atoms with van der Waals surface area (Å²) in [5, 5.41) is 0. The summed E-state index contributed by atoms with van der Waals surface area (Å²) in [5.41, 5.74) is 3.53. The van der Waals surface area contributed by atoms with Gasteiger partial charge >= 0.3 is 0 Å². The molecule has 2 aromatic carbocycles. The van der Waals surface area contributed by atoms with Crippen molar-refractivity contribution < 1.29 is 9.53 Å². The fourth-order valence-corrected chi connectivity index (χ4v) is 4.22. The lowest BCUT2D eigenvalue weighted by atomic mass is 9.98. The molecule has 4 rings (SSSR count). The average Bonchev–Trinajstić information content (AvgIpc) is 3.17. The van der Waals surface area contributed by atoms with Crippen LogP contribution in [0.1, 0.15) is 41.3 Å². The lowest BCUT2D eigenvalue weighted by molar-refractivity contribution is 0.0716. The van der Waals surface area contributed by atoms with Crippen LogP contribution < -0.4 is 4.74 Å². The highest BCUT2D eigenvalue weighted by atomic mass is 16.5. The molecule has 5 heteroatoms. The first-order chi connectivity index (χ1) is 14.1. The number of benzene rings is 2. The molecule has 29 heavy (non-hydrogen) atoms. The minimum Gasteiger partial charge on any atom is -0.489 e. The maximum atomic E-state index is 12.9. The molecule has 0 aromatic heterocycles. The Balaban J connectivity index is 1.35. The van der Waals surface area contributed by atoms with Crippen LogP contribution >= 0.6 is 0 Å². The van der Waals surface area contributed by atoms with E-state index in [9.17, 15) is 4.79 Å². The molecular formula is C24H27N3O2. The Labute approximate surface area is 172 Å². The largest absolute Gasteiger partial charge is 0.489 e. The van der Waals surface area contributed by atoms with E-state index >= 15 is 0 Å². The first kappa shape index (κ1) is 19.5. The smallest absolute Gasteiger partial charge is 0.254 e. The summed E-state index contributed by atoms with van der Waals surface area (Å²) < 4.78 is 5.91. The Bertz CT molecular complexity index is 917. The van der Waals surface area contributed by atoms with E-state index in [1.54, 1.807) is 12.1 Å². The maximum Gasteiger partial charge on any atom is 0.254 e. The highest BCUT2D eigenvalue weighted by molar-refractivity contribution is 5.97. The highest BCUT2D eigenvalue weighted by Gasteiger charge is 2.26.